The number of carbonyl (C=O) groups is 1. The average Bonchev–Trinajstić information content (AvgIpc) is 2.92. The second-order valence-corrected chi connectivity index (χ2v) is 7.97. The van der Waals surface area contributed by atoms with Gasteiger partial charge in [-0.2, -0.15) is 0 Å². The smallest absolute Gasteiger partial charge is 0.324 e. The van der Waals surface area contributed by atoms with Gasteiger partial charge in [-0.25, -0.2) is 0 Å². The number of nitrogens with one attached hydrogen (secondary N) is 2. The summed E-state index contributed by atoms with van der Waals surface area (Å²) in [7, 11) is -2.37. The Kier molecular flexibility index (Phi) is 5.52. The molecule has 1 amide bonds. The van der Waals surface area contributed by atoms with E-state index in [9.17, 15) is 9.36 Å². The SMILES string of the molecule is CN1C(=N)NC(=O)C1P(=O)(OCc1ccccc1)OCc1ccccc1. The van der Waals surface area contributed by atoms with Crippen LogP contribution in [0.5, 0.6) is 0 Å². The van der Waals surface area contributed by atoms with Crippen molar-refractivity contribution < 1.29 is 18.4 Å². The van der Waals surface area contributed by atoms with Crippen molar-refractivity contribution in [2.45, 2.75) is 19.0 Å². The number of nitrogens with zero attached hydrogens (tertiary/aromatic N) is 1. The number of carbonyl (C=O) groups excluding carboxylic acids is 1. The molecule has 2 aromatic rings. The van der Waals surface area contributed by atoms with Crippen LogP contribution in [0.25, 0.3) is 0 Å². The van der Waals surface area contributed by atoms with Gasteiger partial charge in [-0.05, 0) is 11.1 Å². The topological polar surface area (TPSA) is 91.7 Å². The number of amides is 1. The fourth-order valence-electron chi connectivity index (χ4n) is 2.58. The monoisotopic (exact) mass is 373 g/mol. The summed E-state index contributed by atoms with van der Waals surface area (Å²) in [5.41, 5.74) is 1.62. The lowest BCUT2D eigenvalue weighted by Crippen LogP contribution is -2.33. The van der Waals surface area contributed by atoms with Crippen molar-refractivity contribution in [1.82, 2.24) is 10.2 Å². The zero-order chi connectivity index (χ0) is 18.6. The molecular formula is C18H20N3O4P. The van der Waals surface area contributed by atoms with Crippen molar-refractivity contribution in [3.05, 3.63) is 71.8 Å². The Morgan fingerprint density at radius 2 is 1.46 bits per heavy atom. The largest absolute Gasteiger partial charge is 0.363 e. The van der Waals surface area contributed by atoms with E-state index in [-0.39, 0.29) is 19.2 Å². The first kappa shape index (κ1) is 18.3. The summed E-state index contributed by atoms with van der Waals surface area (Å²) < 4.78 is 24.8. The summed E-state index contributed by atoms with van der Waals surface area (Å²) >= 11 is 0. The number of benzene rings is 2. The summed E-state index contributed by atoms with van der Waals surface area (Å²) in [5, 5.41) is 10.1. The van der Waals surface area contributed by atoms with E-state index in [1.807, 2.05) is 60.7 Å². The molecule has 0 saturated carbocycles. The lowest BCUT2D eigenvalue weighted by atomic mass is 10.2. The molecule has 0 aliphatic carbocycles. The number of hydrogen-bond donors (Lipinski definition) is 2. The third-order valence-electron chi connectivity index (χ3n) is 4.00. The fourth-order valence-corrected chi connectivity index (χ4v) is 4.49. The maximum Gasteiger partial charge on any atom is 0.363 e. The molecule has 0 bridgehead atoms. The number of rotatable bonds is 7. The fraction of sp³-hybridized carbons (Fsp3) is 0.222. The summed E-state index contributed by atoms with van der Waals surface area (Å²) in [6.45, 7) is 0.0791. The van der Waals surface area contributed by atoms with Crippen LogP contribution in [0.1, 0.15) is 11.1 Å². The lowest BCUT2D eigenvalue weighted by molar-refractivity contribution is -0.119. The molecule has 3 rings (SSSR count). The minimum atomic E-state index is -3.87. The highest BCUT2D eigenvalue weighted by atomic mass is 31.2. The third kappa shape index (κ3) is 4.02. The van der Waals surface area contributed by atoms with Crippen LogP contribution in [0.2, 0.25) is 0 Å². The highest BCUT2D eigenvalue weighted by Gasteiger charge is 2.50. The zero-order valence-electron chi connectivity index (χ0n) is 14.3. The first-order chi connectivity index (χ1) is 12.5. The molecule has 1 fully saturated rings. The second kappa shape index (κ2) is 7.83. The van der Waals surface area contributed by atoms with Crippen molar-refractivity contribution >= 4 is 19.5 Å². The summed E-state index contributed by atoms with van der Waals surface area (Å²) in [5.74, 6) is -1.89. The Morgan fingerprint density at radius 1 is 1.00 bits per heavy atom. The average molecular weight is 373 g/mol. The summed E-state index contributed by atoms with van der Waals surface area (Å²) in [6.07, 6.45) is 0. The molecule has 8 heteroatoms. The summed E-state index contributed by atoms with van der Waals surface area (Å²) in [6, 6.07) is 18.5. The zero-order valence-corrected chi connectivity index (χ0v) is 15.2. The van der Waals surface area contributed by atoms with Gasteiger partial charge in [0.2, 0.25) is 5.78 Å². The van der Waals surface area contributed by atoms with Crippen molar-refractivity contribution in [3.63, 3.8) is 0 Å². The van der Waals surface area contributed by atoms with Gasteiger partial charge < -0.3 is 13.9 Å². The quantitative estimate of drug-likeness (QED) is 0.728. The van der Waals surface area contributed by atoms with E-state index in [1.165, 1.54) is 11.9 Å². The maximum atomic E-state index is 13.5. The number of guanidine groups is 1. The molecule has 0 spiro atoms. The highest BCUT2D eigenvalue weighted by molar-refractivity contribution is 7.55. The van der Waals surface area contributed by atoms with Gasteiger partial charge in [0.15, 0.2) is 5.96 Å². The first-order valence-electron chi connectivity index (χ1n) is 8.08. The Hall–Kier alpha value is -2.47. The van der Waals surface area contributed by atoms with E-state index in [0.717, 1.165) is 11.1 Å². The minimum Gasteiger partial charge on any atom is -0.324 e. The number of likely N-dealkylation sites (N-methyl/N-ethyl adjacent to an activating group) is 1. The molecule has 1 atom stereocenters. The van der Waals surface area contributed by atoms with Gasteiger partial charge in [0.1, 0.15) is 0 Å². The van der Waals surface area contributed by atoms with Gasteiger partial charge in [0, 0.05) is 7.05 Å². The molecule has 1 aliphatic rings. The number of hydrogen-bond acceptors (Lipinski definition) is 5. The normalized spacial score (nSPS) is 17.4. The summed E-state index contributed by atoms with van der Waals surface area (Å²) in [4.78, 5) is 13.5. The van der Waals surface area contributed by atoms with Gasteiger partial charge in [-0.3, -0.25) is 20.1 Å². The third-order valence-corrected chi connectivity index (χ3v) is 6.16. The van der Waals surface area contributed by atoms with Crippen LogP contribution in [0.4, 0.5) is 0 Å². The van der Waals surface area contributed by atoms with Crippen molar-refractivity contribution in [1.29, 1.82) is 5.41 Å². The van der Waals surface area contributed by atoms with Crippen molar-refractivity contribution in [2.24, 2.45) is 0 Å². The molecule has 26 heavy (non-hydrogen) atoms. The van der Waals surface area contributed by atoms with E-state index in [2.05, 4.69) is 5.32 Å². The predicted octanol–water partition coefficient (Wildman–Crippen LogP) is 2.94. The van der Waals surface area contributed by atoms with E-state index < -0.39 is 19.3 Å². The Labute approximate surface area is 152 Å². The molecule has 1 aliphatic heterocycles. The molecule has 1 heterocycles. The molecule has 0 radical (unpaired) electrons. The molecule has 1 saturated heterocycles. The van der Waals surface area contributed by atoms with Crippen LogP contribution >= 0.6 is 7.60 Å². The minimum absolute atomic E-state index is 0.0395. The molecule has 2 aromatic carbocycles. The first-order valence-corrected chi connectivity index (χ1v) is 9.70. The molecule has 136 valence electrons. The molecule has 1 unspecified atom stereocenters. The van der Waals surface area contributed by atoms with E-state index in [1.54, 1.807) is 0 Å². The van der Waals surface area contributed by atoms with Gasteiger partial charge in [-0.1, -0.05) is 60.7 Å². The molecule has 2 N–H and O–H groups in total. The highest BCUT2D eigenvalue weighted by Crippen LogP contribution is 2.56. The molecular weight excluding hydrogens is 353 g/mol. The van der Waals surface area contributed by atoms with Gasteiger partial charge in [0.05, 0.1) is 13.2 Å². The standard InChI is InChI=1S/C18H20N3O4P/c1-21-17(16(22)20-18(21)19)26(23,24-12-14-8-4-2-5-9-14)25-13-15-10-6-3-7-11-15/h2-11,17H,12-13H2,1H3,(H2,19,20,22). The van der Waals surface area contributed by atoms with Crippen LogP contribution in [0.3, 0.4) is 0 Å². The van der Waals surface area contributed by atoms with Crippen LogP contribution in [-0.4, -0.2) is 29.6 Å². The maximum absolute atomic E-state index is 13.5. The predicted molar refractivity (Wildman–Crippen MR) is 97.5 cm³/mol. The van der Waals surface area contributed by atoms with Crippen LogP contribution in [-0.2, 0) is 31.6 Å². The lowest BCUT2D eigenvalue weighted by Gasteiger charge is -2.26. The Morgan fingerprint density at radius 3 is 1.85 bits per heavy atom. The van der Waals surface area contributed by atoms with Crippen LogP contribution < -0.4 is 5.32 Å². The van der Waals surface area contributed by atoms with E-state index >= 15 is 0 Å². The van der Waals surface area contributed by atoms with Crippen LogP contribution in [0, 0.1) is 5.41 Å². The Balaban J connectivity index is 1.81. The van der Waals surface area contributed by atoms with Crippen LogP contribution in [0.15, 0.2) is 60.7 Å². The van der Waals surface area contributed by atoms with Gasteiger partial charge >= 0.3 is 7.60 Å². The van der Waals surface area contributed by atoms with Crippen molar-refractivity contribution in [2.75, 3.05) is 7.05 Å². The van der Waals surface area contributed by atoms with Gasteiger partial charge in [0.25, 0.3) is 5.91 Å². The molecule has 7 nitrogen and oxygen atoms in total. The van der Waals surface area contributed by atoms with E-state index in [0.29, 0.717) is 0 Å². The second-order valence-electron chi connectivity index (χ2n) is 5.88. The van der Waals surface area contributed by atoms with E-state index in [4.69, 9.17) is 14.5 Å². The Bertz CT molecular complexity index is 781. The molecule has 0 aromatic heterocycles. The van der Waals surface area contributed by atoms with Crippen molar-refractivity contribution in [3.8, 4) is 0 Å². The van der Waals surface area contributed by atoms with Gasteiger partial charge in [-0.15, -0.1) is 0 Å².